The molecule has 0 saturated heterocycles. The number of benzene rings is 1. The maximum Gasteiger partial charge on any atom is 0.144 e. The van der Waals surface area contributed by atoms with E-state index in [4.69, 9.17) is 5.73 Å². The molecular weight excluding hydrogens is 216 g/mol. The molecular formula is C12H14N4O. The van der Waals surface area contributed by atoms with Crippen LogP contribution < -0.4 is 11.1 Å². The summed E-state index contributed by atoms with van der Waals surface area (Å²) in [5, 5.41) is 12.9. The van der Waals surface area contributed by atoms with E-state index in [2.05, 4.69) is 15.3 Å². The molecule has 1 unspecified atom stereocenters. The van der Waals surface area contributed by atoms with E-state index in [9.17, 15) is 5.11 Å². The number of hydrogen-bond donors (Lipinski definition) is 3. The number of aliphatic hydroxyl groups excluding tert-OH is 1. The third-order valence-electron chi connectivity index (χ3n) is 2.33. The average molecular weight is 230 g/mol. The van der Waals surface area contributed by atoms with Crippen LogP contribution in [0, 0.1) is 0 Å². The highest BCUT2D eigenvalue weighted by atomic mass is 16.3. The third-order valence-corrected chi connectivity index (χ3v) is 2.33. The minimum Gasteiger partial charge on any atom is -0.387 e. The Labute approximate surface area is 99.3 Å². The fraction of sp³-hybridized carbons (Fsp3) is 0.167. The van der Waals surface area contributed by atoms with Crippen molar-refractivity contribution in [3.8, 4) is 0 Å². The number of nitrogens with one attached hydrogen (secondary N) is 1. The van der Waals surface area contributed by atoms with Gasteiger partial charge in [0.05, 0.1) is 18.5 Å². The topological polar surface area (TPSA) is 84.1 Å². The van der Waals surface area contributed by atoms with Gasteiger partial charge in [0.2, 0.25) is 0 Å². The fourth-order valence-corrected chi connectivity index (χ4v) is 1.42. The standard InChI is InChI=1S/C12H14N4O/c13-11-7-16-12(8-14-11)15-6-10(17)9-4-2-1-3-5-9/h1-5,7-8,10,17H,6H2,(H2,13,14)(H,15,16). The van der Waals surface area contributed by atoms with Gasteiger partial charge in [-0.25, -0.2) is 9.97 Å². The zero-order valence-electron chi connectivity index (χ0n) is 9.24. The second kappa shape index (κ2) is 5.27. The van der Waals surface area contributed by atoms with Gasteiger partial charge in [-0.15, -0.1) is 0 Å². The van der Waals surface area contributed by atoms with Crippen molar-refractivity contribution in [1.82, 2.24) is 9.97 Å². The smallest absolute Gasteiger partial charge is 0.144 e. The summed E-state index contributed by atoms with van der Waals surface area (Å²) in [6, 6.07) is 9.44. The number of aromatic nitrogens is 2. The zero-order chi connectivity index (χ0) is 12.1. The summed E-state index contributed by atoms with van der Waals surface area (Å²) < 4.78 is 0. The van der Waals surface area contributed by atoms with Gasteiger partial charge in [-0.3, -0.25) is 0 Å². The van der Waals surface area contributed by atoms with Gasteiger partial charge in [0, 0.05) is 6.54 Å². The molecule has 1 heterocycles. The van der Waals surface area contributed by atoms with Crippen molar-refractivity contribution in [2.45, 2.75) is 6.10 Å². The predicted molar refractivity (Wildman–Crippen MR) is 66.3 cm³/mol. The SMILES string of the molecule is Nc1cnc(NCC(O)c2ccccc2)cn1. The lowest BCUT2D eigenvalue weighted by atomic mass is 10.1. The molecule has 5 nitrogen and oxygen atoms in total. The Hall–Kier alpha value is -2.14. The normalized spacial score (nSPS) is 12.1. The molecule has 0 bridgehead atoms. The molecule has 0 aliphatic heterocycles. The van der Waals surface area contributed by atoms with E-state index in [0.717, 1.165) is 5.56 Å². The summed E-state index contributed by atoms with van der Waals surface area (Å²) in [7, 11) is 0. The Morgan fingerprint density at radius 3 is 2.59 bits per heavy atom. The van der Waals surface area contributed by atoms with E-state index >= 15 is 0 Å². The van der Waals surface area contributed by atoms with Crippen LogP contribution in [0.5, 0.6) is 0 Å². The highest BCUT2D eigenvalue weighted by Crippen LogP contribution is 2.12. The molecule has 0 spiro atoms. The largest absolute Gasteiger partial charge is 0.387 e. The van der Waals surface area contributed by atoms with E-state index in [0.29, 0.717) is 18.2 Å². The van der Waals surface area contributed by atoms with Crippen molar-refractivity contribution >= 4 is 11.6 Å². The predicted octanol–water partition coefficient (Wildman–Crippen LogP) is 1.20. The van der Waals surface area contributed by atoms with Crippen LogP contribution in [0.15, 0.2) is 42.7 Å². The Kier molecular flexibility index (Phi) is 3.52. The molecule has 2 rings (SSSR count). The number of nitrogen functional groups attached to an aromatic ring is 1. The van der Waals surface area contributed by atoms with Crippen LogP contribution in [0.1, 0.15) is 11.7 Å². The number of anilines is 2. The van der Waals surface area contributed by atoms with Gasteiger partial charge in [-0.05, 0) is 5.56 Å². The van der Waals surface area contributed by atoms with Crippen LogP contribution in [0.4, 0.5) is 11.6 Å². The van der Waals surface area contributed by atoms with Crippen molar-refractivity contribution in [1.29, 1.82) is 0 Å². The van der Waals surface area contributed by atoms with Gasteiger partial charge in [0.25, 0.3) is 0 Å². The Morgan fingerprint density at radius 1 is 1.18 bits per heavy atom. The minimum absolute atomic E-state index is 0.374. The maximum atomic E-state index is 9.90. The van der Waals surface area contributed by atoms with E-state index in [1.54, 1.807) is 0 Å². The number of nitrogens with zero attached hydrogens (tertiary/aromatic N) is 2. The Morgan fingerprint density at radius 2 is 1.94 bits per heavy atom. The third kappa shape index (κ3) is 3.15. The maximum absolute atomic E-state index is 9.90. The van der Waals surface area contributed by atoms with Crippen LogP contribution in [0.2, 0.25) is 0 Å². The molecule has 0 aliphatic rings. The van der Waals surface area contributed by atoms with Crippen LogP contribution in [-0.2, 0) is 0 Å². The quantitative estimate of drug-likeness (QED) is 0.735. The summed E-state index contributed by atoms with van der Waals surface area (Å²) in [6.45, 7) is 0.378. The highest BCUT2D eigenvalue weighted by Gasteiger charge is 2.06. The summed E-state index contributed by atoms with van der Waals surface area (Å²) in [6.07, 6.45) is 2.43. The van der Waals surface area contributed by atoms with E-state index < -0.39 is 6.10 Å². The molecule has 17 heavy (non-hydrogen) atoms. The first-order valence-corrected chi connectivity index (χ1v) is 5.30. The lowest BCUT2D eigenvalue weighted by molar-refractivity contribution is 0.191. The Bertz CT molecular complexity index is 458. The number of nitrogens with two attached hydrogens (primary N) is 1. The van der Waals surface area contributed by atoms with Crippen molar-refractivity contribution in [2.24, 2.45) is 0 Å². The molecule has 4 N–H and O–H groups in total. The summed E-state index contributed by atoms with van der Waals surface area (Å²) >= 11 is 0. The second-order valence-electron chi connectivity index (χ2n) is 3.63. The first-order valence-electron chi connectivity index (χ1n) is 5.30. The van der Waals surface area contributed by atoms with Crippen molar-refractivity contribution in [3.63, 3.8) is 0 Å². The molecule has 2 aromatic rings. The molecule has 0 amide bonds. The monoisotopic (exact) mass is 230 g/mol. The van der Waals surface area contributed by atoms with E-state index in [1.165, 1.54) is 12.4 Å². The van der Waals surface area contributed by atoms with Crippen molar-refractivity contribution in [3.05, 3.63) is 48.3 Å². The Balaban J connectivity index is 1.92. The highest BCUT2D eigenvalue weighted by molar-refractivity contribution is 5.36. The zero-order valence-corrected chi connectivity index (χ0v) is 9.24. The van der Waals surface area contributed by atoms with Gasteiger partial charge >= 0.3 is 0 Å². The van der Waals surface area contributed by atoms with Crippen LogP contribution in [0.3, 0.4) is 0 Å². The molecule has 1 aromatic heterocycles. The van der Waals surface area contributed by atoms with Crippen LogP contribution in [-0.4, -0.2) is 21.6 Å². The summed E-state index contributed by atoms with van der Waals surface area (Å²) in [5.41, 5.74) is 6.29. The van der Waals surface area contributed by atoms with E-state index in [1.807, 2.05) is 30.3 Å². The van der Waals surface area contributed by atoms with Crippen molar-refractivity contribution < 1.29 is 5.11 Å². The minimum atomic E-state index is -0.574. The number of hydrogen-bond acceptors (Lipinski definition) is 5. The van der Waals surface area contributed by atoms with Crippen molar-refractivity contribution in [2.75, 3.05) is 17.6 Å². The molecule has 1 atom stereocenters. The molecule has 0 fully saturated rings. The molecule has 0 saturated carbocycles. The first-order chi connectivity index (χ1) is 8.25. The summed E-state index contributed by atoms with van der Waals surface area (Å²) in [4.78, 5) is 7.94. The van der Waals surface area contributed by atoms with Gasteiger partial charge in [-0.2, -0.15) is 0 Å². The van der Waals surface area contributed by atoms with Crippen LogP contribution in [0.25, 0.3) is 0 Å². The number of rotatable bonds is 4. The van der Waals surface area contributed by atoms with Gasteiger partial charge in [0.1, 0.15) is 11.6 Å². The number of aliphatic hydroxyl groups is 1. The van der Waals surface area contributed by atoms with Gasteiger partial charge < -0.3 is 16.2 Å². The first kappa shape index (κ1) is 11.3. The van der Waals surface area contributed by atoms with E-state index in [-0.39, 0.29) is 0 Å². The molecule has 1 aromatic carbocycles. The molecule has 88 valence electrons. The lowest BCUT2D eigenvalue weighted by Gasteiger charge is -2.12. The average Bonchev–Trinajstić information content (AvgIpc) is 2.39. The fourth-order valence-electron chi connectivity index (χ4n) is 1.42. The summed E-state index contributed by atoms with van der Waals surface area (Å²) in [5.74, 6) is 0.966. The second-order valence-corrected chi connectivity index (χ2v) is 3.63. The van der Waals surface area contributed by atoms with Gasteiger partial charge in [-0.1, -0.05) is 30.3 Å². The van der Waals surface area contributed by atoms with Crippen LogP contribution >= 0.6 is 0 Å². The molecule has 0 radical (unpaired) electrons. The molecule has 5 heteroatoms. The molecule has 0 aliphatic carbocycles. The lowest BCUT2D eigenvalue weighted by Crippen LogP contribution is -2.13. The van der Waals surface area contributed by atoms with Gasteiger partial charge in [0.15, 0.2) is 0 Å².